The minimum atomic E-state index is -3.63. The van der Waals surface area contributed by atoms with Crippen molar-refractivity contribution in [2.24, 2.45) is 0 Å². The number of nitrogens with zero attached hydrogens (tertiary/aromatic N) is 1. The number of amides is 1. The second kappa shape index (κ2) is 8.62. The number of rotatable bonds is 6. The number of benzene rings is 3. The number of carbonyl (C=O) groups is 1. The van der Waals surface area contributed by atoms with Crippen LogP contribution in [0.15, 0.2) is 82.2 Å². The second-order valence-corrected chi connectivity index (χ2v) is 9.89. The molecule has 30 heavy (non-hydrogen) atoms. The normalized spacial score (nSPS) is 13.2. The third-order valence-electron chi connectivity index (χ3n) is 5.14. The van der Waals surface area contributed by atoms with Crippen molar-refractivity contribution in [2.45, 2.75) is 17.7 Å². The molecule has 1 N–H and O–H groups in total. The highest BCUT2D eigenvalue weighted by Gasteiger charge is 2.31. The van der Waals surface area contributed by atoms with Gasteiger partial charge in [0.15, 0.2) is 0 Å². The van der Waals surface area contributed by atoms with E-state index in [1.807, 2.05) is 30.3 Å². The zero-order valence-electron chi connectivity index (χ0n) is 16.2. The maximum absolute atomic E-state index is 13.0. The van der Waals surface area contributed by atoms with Crippen LogP contribution < -0.4 is 9.62 Å². The summed E-state index contributed by atoms with van der Waals surface area (Å²) in [5.74, 6) is -0.150. The van der Waals surface area contributed by atoms with E-state index in [4.69, 9.17) is 0 Å². The smallest absolute Gasteiger partial charge is 0.264 e. The van der Waals surface area contributed by atoms with E-state index in [0.717, 1.165) is 16.5 Å². The van der Waals surface area contributed by atoms with Gasteiger partial charge in [0.25, 0.3) is 15.9 Å². The van der Waals surface area contributed by atoms with Gasteiger partial charge >= 0.3 is 0 Å². The van der Waals surface area contributed by atoms with Crippen molar-refractivity contribution < 1.29 is 13.2 Å². The Bertz CT molecular complexity index is 1160. The molecule has 4 rings (SSSR count). The Morgan fingerprint density at radius 3 is 2.47 bits per heavy atom. The second-order valence-electron chi connectivity index (χ2n) is 7.12. The molecule has 0 saturated carbocycles. The molecule has 0 fully saturated rings. The van der Waals surface area contributed by atoms with Gasteiger partial charge in [0.1, 0.15) is 0 Å². The van der Waals surface area contributed by atoms with Crippen molar-refractivity contribution in [1.29, 1.82) is 0 Å². The third kappa shape index (κ3) is 4.27. The number of hydrogen-bond acceptors (Lipinski definition) is 3. The molecule has 5 nitrogen and oxygen atoms in total. The molecule has 1 aliphatic heterocycles. The maximum Gasteiger partial charge on any atom is 0.264 e. The Kier molecular flexibility index (Phi) is 5.92. The van der Waals surface area contributed by atoms with Crippen LogP contribution in [0, 0.1) is 0 Å². The van der Waals surface area contributed by atoms with Gasteiger partial charge in [0.05, 0.1) is 10.6 Å². The summed E-state index contributed by atoms with van der Waals surface area (Å²) >= 11 is 3.33. The summed E-state index contributed by atoms with van der Waals surface area (Å²) in [6.45, 7) is 0.914. The SMILES string of the molecule is O=C(NCCc1ccccc1)c1ccc2c(c1)CCN2S(=O)(=O)c1ccc(Br)cc1. The van der Waals surface area contributed by atoms with Crippen LogP contribution in [0.4, 0.5) is 5.69 Å². The fraction of sp³-hybridized carbons (Fsp3) is 0.174. The van der Waals surface area contributed by atoms with E-state index in [9.17, 15) is 13.2 Å². The quantitative estimate of drug-likeness (QED) is 0.570. The first-order chi connectivity index (χ1) is 14.4. The van der Waals surface area contributed by atoms with Crippen molar-refractivity contribution >= 4 is 37.5 Å². The fourth-order valence-corrected chi connectivity index (χ4v) is 5.33. The molecular weight excluding hydrogens is 464 g/mol. The van der Waals surface area contributed by atoms with E-state index in [0.29, 0.717) is 30.8 Å². The first kappa shape index (κ1) is 20.6. The molecule has 0 atom stereocenters. The molecule has 0 unspecified atom stereocenters. The lowest BCUT2D eigenvalue weighted by molar-refractivity contribution is 0.0954. The number of carbonyl (C=O) groups excluding carboxylic acids is 1. The molecule has 7 heteroatoms. The van der Waals surface area contributed by atoms with Gasteiger partial charge in [0.2, 0.25) is 0 Å². The highest BCUT2D eigenvalue weighted by Crippen LogP contribution is 2.33. The number of fused-ring (bicyclic) bond motifs is 1. The molecule has 0 saturated heterocycles. The standard InChI is InChI=1S/C23H21BrN2O3S/c24-20-7-9-21(10-8-20)30(28,29)26-15-13-18-16-19(6-11-22(18)26)23(27)25-14-12-17-4-2-1-3-5-17/h1-11,16H,12-15H2,(H,25,27). The lowest BCUT2D eigenvalue weighted by Crippen LogP contribution is -2.29. The average Bonchev–Trinajstić information content (AvgIpc) is 3.19. The molecule has 1 heterocycles. The predicted molar refractivity (Wildman–Crippen MR) is 121 cm³/mol. The number of sulfonamides is 1. The number of hydrogen-bond donors (Lipinski definition) is 1. The lowest BCUT2D eigenvalue weighted by Gasteiger charge is -2.19. The van der Waals surface area contributed by atoms with Crippen molar-refractivity contribution in [3.63, 3.8) is 0 Å². The molecule has 3 aromatic carbocycles. The fourth-order valence-electron chi connectivity index (χ4n) is 3.56. The zero-order chi connectivity index (χ0) is 21.1. The third-order valence-corrected chi connectivity index (χ3v) is 7.49. The monoisotopic (exact) mass is 484 g/mol. The zero-order valence-corrected chi connectivity index (χ0v) is 18.6. The molecule has 3 aromatic rings. The van der Waals surface area contributed by atoms with Crippen LogP contribution in [0.2, 0.25) is 0 Å². The van der Waals surface area contributed by atoms with Crippen LogP contribution in [0.5, 0.6) is 0 Å². The molecule has 1 amide bonds. The largest absolute Gasteiger partial charge is 0.352 e. The van der Waals surface area contributed by atoms with Gasteiger partial charge in [-0.1, -0.05) is 46.3 Å². The highest BCUT2D eigenvalue weighted by atomic mass is 79.9. The van der Waals surface area contributed by atoms with Gasteiger partial charge in [-0.25, -0.2) is 8.42 Å². The molecule has 0 spiro atoms. The van der Waals surface area contributed by atoms with Crippen LogP contribution >= 0.6 is 15.9 Å². The van der Waals surface area contributed by atoms with Gasteiger partial charge in [-0.15, -0.1) is 0 Å². The molecular formula is C23H21BrN2O3S. The van der Waals surface area contributed by atoms with Gasteiger partial charge in [0, 0.05) is 23.1 Å². The van der Waals surface area contributed by atoms with Crippen LogP contribution in [0.3, 0.4) is 0 Å². The van der Waals surface area contributed by atoms with Gasteiger partial charge in [-0.2, -0.15) is 0 Å². The first-order valence-corrected chi connectivity index (χ1v) is 11.9. The van der Waals surface area contributed by atoms with E-state index in [1.165, 1.54) is 9.87 Å². The van der Waals surface area contributed by atoms with E-state index < -0.39 is 10.0 Å². The van der Waals surface area contributed by atoms with Crippen LogP contribution in [-0.4, -0.2) is 27.4 Å². The predicted octanol–water partition coefficient (Wildman–Crippen LogP) is 4.17. The van der Waals surface area contributed by atoms with Crippen LogP contribution in [0.1, 0.15) is 21.5 Å². The van der Waals surface area contributed by atoms with Crippen molar-refractivity contribution in [3.8, 4) is 0 Å². The minimum Gasteiger partial charge on any atom is -0.352 e. The lowest BCUT2D eigenvalue weighted by atomic mass is 10.1. The number of anilines is 1. The molecule has 0 aromatic heterocycles. The summed E-state index contributed by atoms with van der Waals surface area (Å²) in [6, 6.07) is 21.8. The summed E-state index contributed by atoms with van der Waals surface area (Å²) < 4.78 is 28.3. The van der Waals surface area contributed by atoms with Crippen LogP contribution in [0.25, 0.3) is 0 Å². The van der Waals surface area contributed by atoms with Crippen molar-refractivity contribution in [2.75, 3.05) is 17.4 Å². The maximum atomic E-state index is 13.0. The first-order valence-electron chi connectivity index (χ1n) is 9.68. The minimum absolute atomic E-state index is 0.150. The average molecular weight is 485 g/mol. The topological polar surface area (TPSA) is 66.5 Å². The molecule has 0 bridgehead atoms. The van der Waals surface area contributed by atoms with Gasteiger partial charge in [-0.3, -0.25) is 9.10 Å². The Balaban J connectivity index is 1.46. The van der Waals surface area contributed by atoms with Gasteiger partial charge in [-0.05, 0) is 66.4 Å². The molecule has 154 valence electrons. The van der Waals surface area contributed by atoms with Gasteiger partial charge < -0.3 is 5.32 Å². The van der Waals surface area contributed by atoms with Crippen molar-refractivity contribution in [3.05, 3.63) is 94.0 Å². The number of halogens is 1. The Hall–Kier alpha value is -2.64. The van der Waals surface area contributed by atoms with Crippen LogP contribution in [-0.2, 0) is 22.9 Å². The van der Waals surface area contributed by atoms with E-state index in [-0.39, 0.29) is 10.8 Å². The summed E-state index contributed by atoms with van der Waals surface area (Å²) in [6.07, 6.45) is 1.34. The van der Waals surface area contributed by atoms with Crippen molar-refractivity contribution in [1.82, 2.24) is 5.32 Å². The van der Waals surface area contributed by atoms with E-state index in [1.54, 1.807) is 42.5 Å². The Morgan fingerprint density at radius 1 is 1.00 bits per heavy atom. The molecule has 1 aliphatic rings. The van der Waals surface area contributed by atoms with E-state index >= 15 is 0 Å². The summed E-state index contributed by atoms with van der Waals surface area (Å²) in [4.78, 5) is 12.8. The Labute approximate surface area is 184 Å². The van der Waals surface area contributed by atoms with E-state index in [2.05, 4.69) is 21.2 Å². The molecule has 0 radical (unpaired) electrons. The Morgan fingerprint density at radius 2 is 1.73 bits per heavy atom. The number of nitrogens with one attached hydrogen (secondary N) is 1. The summed E-state index contributed by atoms with van der Waals surface area (Å²) in [7, 11) is -3.63. The summed E-state index contributed by atoms with van der Waals surface area (Å²) in [5, 5.41) is 2.94. The highest BCUT2D eigenvalue weighted by molar-refractivity contribution is 9.10. The molecule has 0 aliphatic carbocycles. The summed E-state index contributed by atoms with van der Waals surface area (Å²) in [5.41, 5.74) is 3.22.